The number of nitrogens with zero attached hydrogens (tertiary/aromatic N) is 1. The van der Waals surface area contributed by atoms with Crippen LogP contribution >= 0.6 is 23.2 Å². The van der Waals surface area contributed by atoms with Gasteiger partial charge >= 0.3 is 0 Å². The molecule has 0 aliphatic heterocycles. The first-order valence-electron chi connectivity index (χ1n) is 6.50. The lowest BCUT2D eigenvalue weighted by Gasteiger charge is -2.10. The number of rotatable bonds is 5. The van der Waals surface area contributed by atoms with Gasteiger partial charge in [0.1, 0.15) is 17.6 Å². The van der Waals surface area contributed by atoms with Crippen LogP contribution in [0.1, 0.15) is 18.1 Å². The van der Waals surface area contributed by atoms with Gasteiger partial charge in [-0.1, -0.05) is 36.2 Å². The zero-order valence-corrected chi connectivity index (χ0v) is 13.0. The molecule has 0 aliphatic carbocycles. The molecule has 0 saturated heterocycles. The maximum absolute atomic E-state index is 9.25. The summed E-state index contributed by atoms with van der Waals surface area (Å²) in [5.74, 6) is 1.04. The first-order valence-corrected chi connectivity index (χ1v) is 7.26. The van der Waals surface area contributed by atoms with E-state index in [1.807, 2.05) is 19.1 Å². The number of benzene rings is 2. The number of hydrogen-bond donors (Lipinski definition) is 1. The maximum Gasteiger partial charge on any atom is 0.145 e. The molecule has 0 aliphatic rings. The molecule has 108 valence electrons. The smallest absolute Gasteiger partial charge is 0.145 e. The lowest BCUT2D eigenvalue weighted by molar-refractivity contribution is 0.481. The second kappa shape index (κ2) is 7.33. The minimum absolute atomic E-state index is 0.413. The van der Waals surface area contributed by atoms with Crippen molar-refractivity contribution in [3.8, 4) is 17.6 Å². The van der Waals surface area contributed by atoms with Crippen LogP contribution < -0.4 is 10.1 Å². The normalized spacial score (nSPS) is 10.2. The Morgan fingerprint density at radius 2 is 1.95 bits per heavy atom. The van der Waals surface area contributed by atoms with Crippen molar-refractivity contribution < 1.29 is 4.74 Å². The van der Waals surface area contributed by atoms with E-state index in [4.69, 9.17) is 27.9 Å². The van der Waals surface area contributed by atoms with Gasteiger partial charge in [0.05, 0.1) is 15.6 Å². The summed E-state index contributed by atoms with van der Waals surface area (Å²) in [6.45, 7) is 3.63. The minimum atomic E-state index is 0.413. The van der Waals surface area contributed by atoms with Gasteiger partial charge in [-0.05, 0) is 36.4 Å². The van der Waals surface area contributed by atoms with E-state index in [0.717, 1.165) is 18.7 Å². The number of nitrogens with one attached hydrogen (secondary N) is 1. The lowest BCUT2D eigenvalue weighted by Crippen LogP contribution is -2.11. The van der Waals surface area contributed by atoms with Gasteiger partial charge in [0, 0.05) is 12.6 Å². The fourth-order valence-corrected chi connectivity index (χ4v) is 2.09. The van der Waals surface area contributed by atoms with Crippen LogP contribution in [0.5, 0.6) is 11.5 Å². The van der Waals surface area contributed by atoms with E-state index < -0.39 is 0 Å². The van der Waals surface area contributed by atoms with Crippen molar-refractivity contribution >= 4 is 23.2 Å². The van der Waals surface area contributed by atoms with Crippen molar-refractivity contribution in [1.29, 1.82) is 5.26 Å². The number of halogens is 2. The summed E-state index contributed by atoms with van der Waals surface area (Å²) in [5.41, 5.74) is 1.52. The summed E-state index contributed by atoms with van der Waals surface area (Å²) in [5, 5.41) is 13.3. The number of hydrogen-bond acceptors (Lipinski definition) is 3. The topological polar surface area (TPSA) is 45.0 Å². The van der Waals surface area contributed by atoms with Crippen LogP contribution in [0.3, 0.4) is 0 Å². The zero-order valence-electron chi connectivity index (χ0n) is 11.5. The molecule has 5 heteroatoms. The second-order valence-electron chi connectivity index (χ2n) is 4.40. The van der Waals surface area contributed by atoms with Crippen LogP contribution in [0.15, 0.2) is 36.4 Å². The summed E-state index contributed by atoms with van der Waals surface area (Å²) in [6, 6.07) is 12.7. The van der Waals surface area contributed by atoms with Crippen molar-refractivity contribution in [1.82, 2.24) is 5.32 Å². The SMILES string of the molecule is CCNCc1ccc(Oc2ccc(Cl)c(Cl)c2)c(C#N)c1. The monoisotopic (exact) mass is 320 g/mol. The highest BCUT2D eigenvalue weighted by Crippen LogP contribution is 2.31. The molecule has 2 aromatic carbocycles. The lowest BCUT2D eigenvalue weighted by atomic mass is 10.1. The fraction of sp³-hybridized carbons (Fsp3) is 0.188. The van der Waals surface area contributed by atoms with E-state index in [-0.39, 0.29) is 0 Å². The molecule has 0 unspecified atom stereocenters. The minimum Gasteiger partial charge on any atom is -0.456 e. The molecule has 21 heavy (non-hydrogen) atoms. The zero-order chi connectivity index (χ0) is 15.2. The molecular formula is C16H14Cl2N2O. The van der Waals surface area contributed by atoms with Gasteiger partial charge in [0.25, 0.3) is 0 Å². The van der Waals surface area contributed by atoms with Crippen LogP contribution in [-0.4, -0.2) is 6.54 Å². The highest BCUT2D eigenvalue weighted by Gasteiger charge is 2.07. The Kier molecular flexibility index (Phi) is 5.46. The molecule has 0 atom stereocenters. The van der Waals surface area contributed by atoms with Crippen LogP contribution in [0, 0.1) is 11.3 Å². The van der Waals surface area contributed by atoms with Crippen LogP contribution in [0.2, 0.25) is 10.0 Å². The van der Waals surface area contributed by atoms with Crippen molar-refractivity contribution in [2.24, 2.45) is 0 Å². The Bertz CT molecular complexity index is 680. The summed E-state index contributed by atoms with van der Waals surface area (Å²) in [4.78, 5) is 0. The predicted molar refractivity (Wildman–Crippen MR) is 85.1 cm³/mol. The van der Waals surface area contributed by atoms with E-state index in [0.29, 0.717) is 27.1 Å². The van der Waals surface area contributed by atoms with E-state index in [1.54, 1.807) is 24.3 Å². The Morgan fingerprint density at radius 1 is 1.14 bits per heavy atom. The van der Waals surface area contributed by atoms with E-state index >= 15 is 0 Å². The second-order valence-corrected chi connectivity index (χ2v) is 5.22. The fourth-order valence-electron chi connectivity index (χ4n) is 1.80. The quantitative estimate of drug-likeness (QED) is 0.863. The molecule has 0 bridgehead atoms. The maximum atomic E-state index is 9.25. The van der Waals surface area contributed by atoms with E-state index in [9.17, 15) is 5.26 Å². The molecule has 0 saturated carbocycles. The van der Waals surface area contributed by atoms with Crippen molar-refractivity contribution in [2.75, 3.05) is 6.54 Å². The van der Waals surface area contributed by atoms with E-state index in [1.165, 1.54) is 0 Å². The highest BCUT2D eigenvalue weighted by atomic mass is 35.5. The first-order chi connectivity index (χ1) is 10.1. The van der Waals surface area contributed by atoms with Gasteiger partial charge in [-0.25, -0.2) is 0 Å². The molecule has 2 rings (SSSR count). The van der Waals surface area contributed by atoms with Gasteiger partial charge < -0.3 is 10.1 Å². The summed E-state index contributed by atoms with van der Waals surface area (Å²) in [7, 11) is 0. The van der Waals surface area contributed by atoms with Crippen LogP contribution in [0.4, 0.5) is 0 Å². The molecule has 1 N–H and O–H groups in total. The third-order valence-corrected chi connectivity index (χ3v) is 3.60. The molecule has 0 fully saturated rings. The standard InChI is InChI=1S/C16H14Cl2N2O/c1-2-20-10-11-3-6-16(12(7-11)9-19)21-13-4-5-14(17)15(18)8-13/h3-8,20H,2,10H2,1H3. The average molecular weight is 321 g/mol. The predicted octanol–water partition coefficient (Wildman–Crippen LogP) is 4.77. The van der Waals surface area contributed by atoms with Crippen LogP contribution in [-0.2, 0) is 6.54 Å². The molecule has 0 aromatic heterocycles. The molecule has 0 spiro atoms. The molecule has 2 aromatic rings. The summed E-state index contributed by atoms with van der Waals surface area (Å²) >= 11 is 11.8. The third kappa shape index (κ3) is 4.12. The summed E-state index contributed by atoms with van der Waals surface area (Å²) < 4.78 is 5.71. The van der Waals surface area contributed by atoms with Crippen molar-refractivity contribution in [3.63, 3.8) is 0 Å². The molecule has 3 nitrogen and oxygen atoms in total. The Balaban J connectivity index is 2.23. The first kappa shape index (κ1) is 15.7. The number of nitriles is 1. The number of ether oxygens (including phenoxy) is 1. The molecule has 0 radical (unpaired) electrons. The highest BCUT2D eigenvalue weighted by molar-refractivity contribution is 6.42. The average Bonchev–Trinajstić information content (AvgIpc) is 2.50. The Labute approximate surface area is 134 Å². The van der Waals surface area contributed by atoms with Crippen molar-refractivity contribution in [2.45, 2.75) is 13.5 Å². The molecule has 0 heterocycles. The Hall–Kier alpha value is -1.73. The van der Waals surface area contributed by atoms with E-state index in [2.05, 4.69) is 11.4 Å². The van der Waals surface area contributed by atoms with Gasteiger partial charge in [0.2, 0.25) is 0 Å². The summed E-state index contributed by atoms with van der Waals surface area (Å²) in [6.07, 6.45) is 0. The van der Waals surface area contributed by atoms with Crippen molar-refractivity contribution in [3.05, 3.63) is 57.6 Å². The largest absolute Gasteiger partial charge is 0.456 e. The third-order valence-electron chi connectivity index (χ3n) is 2.86. The van der Waals surface area contributed by atoms with Gasteiger partial charge in [0.15, 0.2) is 0 Å². The van der Waals surface area contributed by atoms with Gasteiger partial charge in [-0.2, -0.15) is 5.26 Å². The van der Waals surface area contributed by atoms with Gasteiger partial charge in [-0.15, -0.1) is 0 Å². The van der Waals surface area contributed by atoms with Crippen LogP contribution in [0.25, 0.3) is 0 Å². The molecule has 0 amide bonds. The Morgan fingerprint density at radius 3 is 2.62 bits per heavy atom. The van der Waals surface area contributed by atoms with Gasteiger partial charge in [-0.3, -0.25) is 0 Å². The molecular weight excluding hydrogens is 307 g/mol.